The van der Waals surface area contributed by atoms with E-state index in [0.29, 0.717) is 13.2 Å². The van der Waals surface area contributed by atoms with Crippen molar-refractivity contribution in [3.63, 3.8) is 0 Å². The molecule has 2 aromatic rings. The number of para-hydroxylation sites is 1. The molecule has 0 unspecified atom stereocenters. The standard InChI is InChI=1S/C14H18BrN3O/c1-2-6-18-10-17-8-12(18)9-19-14-11(7-16)4-3-5-13(14)15/h3-5,8,10H,2,6-7,9,16H2,1H3. The van der Waals surface area contributed by atoms with E-state index in [9.17, 15) is 0 Å². The van der Waals surface area contributed by atoms with Crippen LogP contribution in [-0.4, -0.2) is 9.55 Å². The summed E-state index contributed by atoms with van der Waals surface area (Å²) in [6.45, 7) is 4.06. The summed E-state index contributed by atoms with van der Waals surface area (Å²) in [6, 6.07) is 5.89. The van der Waals surface area contributed by atoms with Crippen LogP contribution < -0.4 is 10.5 Å². The van der Waals surface area contributed by atoms with Crippen LogP contribution in [-0.2, 0) is 19.7 Å². The highest BCUT2D eigenvalue weighted by molar-refractivity contribution is 9.10. The molecule has 102 valence electrons. The van der Waals surface area contributed by atoms with Crippen LogP contribution in [0.3, 0.4) is 0 Å². The summed E-state index contributed by atoms with van der Waals surface area (Å²) in [5, 5.41) is 0. The molecule has 5 heteroatoms. The van der Waals surface area contributed by atoms with Gasteiger partial charge in [0, 0.05) is 18.7 Å². The molecule has 0 aliphatic carbocycles. The first-order valence-corrected chi connectivity index (χ1v) is 7.14. The van der Waals surface area contributed by atoms with Crippen LogP contribution in [0.15, 0.2) is 35.2 Å². The Hall–Kier alpha value is -1.33. The van der Waals surface area contributed by atoms with E-state index in [1.807, 2.05) is 30.7 Å². The molecule has 4 nitrogen and oxygen atoms in total. The summed E-state index contributed by atoms with van der Waals surface area (Å²) in [7, 11) is 0. The van der Waals surface area contributed by atoms with E-state index in [1.165, 1.54) is 0 Å². The van der Waals surface area contributed by atoms with Crippen molar-refractivity contribution in [3.8, 4) is 5.75 Å². The molecular formula is C14H18BrN3O. The topological polar surface area (TPSA) is 53.1 Å². The molecule has 0 spiro atoms. The van der Waals surface area contributed by atoms with Gasteiger partial charge in [-0.3, -0.25) is 0 Å². The highest BCUT2D eigenvalue weighted by Crippen LogP contribution is 2.29. The largest absolute Gasteiger partial charge is 0.486 e. The van der Waals surface area contributed by atoms with E-state index in [2.05, 4.69) is 32.4 Å². The summed E-state index contributed by atoms with van der Waals surface area (Å²) < 4.78 is 8.94. The summed E-state index contributed by atoms with van der Waals surface area (Å²) in [4.78, 5) is 4.16. The van der Waals surface area contributed by atoms with Crippen molar-refractivity contribution >= 4 is 15.9 Å². The van der Waals surface area contributed by atoms with Crippen molar-refractivity contribution in [2.24, 2.45) is 5.73 Å². The molecule has 0 bridgehead atoms. The van der Waals surface area contributed by atoms with Crippen molar-refractivity contribution in [1.82, 2.24) is 9.55 Å². The second-order valence-electron chi connectivity index (χ2n) is 4.30. The lowest BCUT2D eigenvalue weighted by atomic mass is 10.2. The van der Waals surface area contributed by atoms with Gasteiger partial charge < -0.3 is 15.0 Å². The molecule has 0 aliphatic rings. The monoisotopic (exact) mass is 323 g/mol. The first-order chi connectivity index (χ1) is 9.26. The van der Waals surface area contributed by atoms with Crippen LogP contribution in [0.1, 0.15) is 24.6 Å². The van der Waals surface area contributed by atoms with Gasteiger partial charge in [0.25, 0.3) is 0 Å². The van der Waals surface area contributed by atoms with Crippen LogP contribution in [0.4, 0.5) is 0 Å². The van der Waals surface area contributed by atoms with E-state index in [4.69, 9.17) is 10.5 Å². The average Bonchev–Trinajstić information content (AvgIpc) is 2.85. The number of halogens is 1. The molecule has 2 N–H and O–H groups in total. The predicted octanol–water partition coefficient (Wildman–Crippen LogP) is 3.09. The first-order valence-electron chi connectivity index (χ1n) is 6.35. The number of hydrogen-bond acceptors (Lipinski definition) is 3. The maximum absolute atomic E-state index is 5.90. The lowest BCUT2D eigenvalue weighted by Gasteiger charge is -2.13. The fraction of sp³-hybridized carbons (Fsp3) is 0.357. The van der Waals surface area contributed by atoms with Crippen molar-refractivity contribution in [2.45, 2.75) is 33.0 Å². The van der Waals surface area contributed by atoms with Gasteiger partial charge >= 0.3 is 0 Å². The average molecular weight is 324 g/mol. The second-order valence-corrected chi connectivity index (χ2v) is 5.15. The van der Waals surface area contributed by atoms with Crippen molar-refractivity contribution in [3.05, 3.63) is 46.5 Å². The summed E-state index contributed by atoms with van der Waals surface area (Å²) in [5.41, 5.74) is 7.79. The number of rotatable bonds is 6. The van der Waals surface area contributed by atoms with Crippen LogP contribution in [0.2, 0.25) is 0 Å². The van der Waals surface area contributed by atoms with E-state index in [1.54, 1.807) is 0 Å². The van der Waals surface area contributed by atoms with Gasteiger partial charge in [-0.2, -0.15) is 0 Å². The Balaban J connectivity index is 2.12. The van der Waals surface area contributed by atoms with E-state index < -0.39 is 0 Å². The minimum Gasteiger partial charge on any atom is -0.486 e. The molecule has 2 rings (SSSR count). The van der Waals surface area contributed by atoms with Crippen LogP contribution in [0, 0.1) is 0 Å². The predicted molar refractivity (Wildman–Crippen MR) is 78.9 cm³/mol. The fourth-order valence-electron chi connectivity index (χ4n) is 1.93. The minimum absolute atomic E-state index is 0.461. The molecule has 0 aliphatic heterocycles. The summed E-state index contributed by atoms with van der Waals surface area (Å²) in [5.74, 6) is 0.814. The molecule has 0 fully saturated rings. The Kier molecular flexibility index (Phi) is 4.99. The Morgan fingerprint density at radius 3 is 3.00 bits per heavy atom. The quantitative estimate of drug-likeness (QED) is 0.888. The van der Waals surface area contributed by atoms with Gasteiger partial charge in [0.05, 0.1) is 22.7 Å². The van der Waals surface area contributed by atoms with Crippen molar-refractivity contribution in [2.75, 3.05) is 0 Å². The Labute approximate surface area is 121 Å². The molecule has 1 heterocycles. The zero-order chi connectivity index (χ0) is 13.7. The van der Waals surface area contributed by atoms with Crippen LogP contribution in [0.25, 0.3) is 0 Å². The third-order valence-electron chi connectivity index (χ3n) is 2.90. The van der Waals surface area contributed by atoms with Crippen molar-refractivity contribution < 1.29 is 4.74 Å². The maximum Gasteiger partial charge on any atom is 0.138 e. The third-order valence-corrected chi connectivity index (χ3v) is 3.52. The molecule has 1 aromatic carbocycles. The summed E-state index contributed by atoms with van der Waals surface area (Å²) in [6.07, 6.45) is 4.76. The van der Waals surface area contributed by atoms with Crippen LogP contribution >= 0.6 is 15.9 Å². The number of imidazole rings is 1. The maximum atomic E-state index is 5.90. The SMILES string of the molecule is CCCn1cncc1COc1c(Br)cccc1CN. The lowest BCUT2D eigenvalue weighted by Crippen LogP contribution is -2.07. The number of aromatic nitrogens is 2. The molecule has 0 saturated carbocycles. The third kappa shape index (κ3) is 3.36. The Morgan fingerprint density at radius 1 is 1.42 bits per heavy atom. The number of nitrogens with two attached hydrogens (primary N) is 1. The van der Waals surface area contributed by atoms with Crippen LogP contribution in [0.5, 0.6) is 5.75 Å². The summed E-state index contributed by atoms with van der Waals surface area (Å²) >= 11 is 3.50. The molecular weight excluding hydrogens is 306 g/mol. The molecule has 1 aromatic heterocycles. The minimum atomic E-state index is 0.461. The molecule has 19 heavy (non-hydrogen) atoms. The van der Waals surface area contributed by atoms with Gasteiger partial charge in [-0.05, 0) is 28.4 Å². The first kappa shape index (κ1) is 14.1. The van der Waals surface area contributed by atoms with Gasteiger partial charge in [0.1, 0.15) is 12.4 Å². The number of aryl methyl sites for hydroxylation is 1. The van der Waals surface area contributed by atoms with Gasteiger partial charge in [0.2, 0.25) is 0 Å². The van der Waals surface area contributed by atoms with E-state index >= 15 is 0 Å². The van der Waals surface area contributed by atoms with E-state index in [0.717, 1.165) is 34.4 Å². The van der Waals surface area contributed by atoms with Crippen molar-refractivity contribution in [1.29, 1.82) is 0 Å². The molecule has 0 atom stereocenters. The normalized spacial score (nSPS) is 10.7. The second kappa shape index (κ2) is 6.73. The fourth-order valence-corrected chi connectivity index (χ4v) is 2.45. The molecule has 0 saturated heterocycles. The zero-order valence-corrected chi connectivity index (χ0v) is 12.6. The number of nitrogens with zero attached hydrogens (tertiary/aromatic N) is 2. The highest BCUT2D eigenvalue weighted by atomic mass is 79.9. The smallest absolute Gasteiger partial charge is 0.138 e. The van der Waals surface area contributed by atoms with Gasteiger partial charge in [-0.15, -0.1) is 0 Å². The number of benzene rings is 1. The number of hydrogen-bond donors (Lipinski definition) is 1. The van der Waals surface area contributed by atoms with Gasteiger partial charge in [-0.1, -0.05) is 19.1 Å². The zero-order valence-electron chi connectivity index (χ0n) is 11.0. The molecule has 0 radical (unpaired) electrons. The molecule has 0 amide bonds. The number of ether oxygens (including phenoxy) is 1. The van der Waals surface area contributed by atoms with Gasteiger partial charge in [-0.25, -0.2) is 4.98 Å². The lowest BCUT2D eigenvalue weighted by molar-refractivity contribution is 0.290. The van der Waals surface area contributed by atoms with E-state index in [-0.39, 0.29) is 0 Å². The van der Waals surface area contributed by atoms with Gasteiger partial charge in [0.15, 0.2) is 0 Å². The Morgan fingerprint density at radius 2 is 2.26 bits per heavy atom. The highest BCUT2D eigenvalue weighted by Gasteiger charge is 2.09. The Bertz CT molecular complexity index is 539.